The fourth-order valence-electron chi connectivity index (χ4n) is 3.00. The number of benzene rings is 2. The van der Waals surface area contributed by atoms with E-state index in [-0.39, 0.29) is 17.9 Å². The van der Waals surface area contributed by atoms with Crippen LogP contribution in [0.1, 0.15) is 11.6 Å². The second-order valence-electron chi connectivity index (χ2n) is 5.61. The van der Waals surface area contributed by atoms with Crippen molar-refractivity contribution >= 4 is 17.5 Å². The van der Waals surface area contributed by atoms with Gasteiger partial charge in [0.05, 0.1) is 18.8 Å². The third-order valence-electron chi connectivity index (χ3n) is 4.08. The molecule has 1 atom stereocenters. The van der Waals surface area contributed by atoms with Crippen LogP contribution in [0.3, 0.4) is 0 Å². The molecule has 24 heavy (non-hydrogen) atoms. The maximum atomic E-state index is 13.3. The fourth-order valence-corrected chi connectivity index (χ4v) is 3.00. The summed E-state index contributed by atoms with van der Waals surface area (Å²) in [5.74, 6) is 0.330. The number of nitrogens with zero attached hydrogens (tertiary/aromatic N) is 3. The van der Waals surface area contributed by atoms with E-state index in [2.05, 4.69) is 10.4 Å². The summed E-state index contributed by atoms with van der Waals surface area (Å²) in [6, 6.07) is 17.0. The zero-order chi connectivity index (χ0) is 16.5. The Labute approximate surface area is 138 Å². The van der Waals surface area contributed by atoms with Crippen LogP contribution in [0.25, 0.3) is 0 Å². The molecule has 5 nitrogen and oxygen atoms in total. The minimum atomic E-state index is -0.390. The standard InChI is InChI=1S/C18H15FN4O/c19-14-7-4-8-15(11-14)21-18(24)23-16(13-5-2-1-3-6-13)12-22-17(23)9-10-20-22/h1-11,16H,12H2,(H,21,24). The third kappa shape index (κ3) is 2.52. The Bertz CT molecular complexity index is 877. The number of anilines is 2. The number of carbonyl (C=O) groups is 1. The van der Waals surface area contributed by atoms with Gasteiger partial charge in [0, 0.05) is 11.8 Å². The maximum Gasteiger partial charge on any atom is 0.328 e. The summed E-state index contributed by atoms with van der Waals surface area (Å²) in [6.45, 7) is 0.586. The average molecular weight is 322 g/mol. The molecule has 2 heterocycles. The van der Waals surface area contributed by atoms with E-state index in [0.717, 1.165) is 11.4 Å². The van der Waals surface area contributed by atoms with E-state index in [9.17, 15) is 9.18 Å². The summed E-state index contributed by atoms with van der Waals surface area (Å²) in [6.07, 6.45) is 1.67. The molecular formula is C18H15FN4O. The minimum Gasteiger partial charge on any atom is -0.307 e. The van der Waals surface area contributed by atoms with Crippen molar-refractivity contribution in [3.63, 3.8) is 0 Å². The number of urea groups is 1. The zero-order valence-electron chi connectivity index (χ0n) is 12.8. The normalized spacial score (nSPS) is 16.0. The molecule has 2 aromatic carbocycles. The first kappa shape index (κ1) is 14.4. The smallest absolute Gasteiger partial charge is 0.307 e. The fraction of sp³-hybridized carbons (Fsp3) is 0.111. The van der Waals surface area contributed by atoms with E-state index >= 15 is 0 Å². The second-order valence-corrected chi connectivity index (χ2v) is 5.61. The number of fused-ring (bicyclic) bond motifs is 1. The summed E-state index contributed by atoms with van der Waals surface area (Å²) in [7, 11) is 0. The molecule has 1 aliphatic rings. The summed E-state index contributed by atoms with van der Waals surface area (Å²) in [5, 5.41) is 7.02. The molecule has 1 aliphatic heterocycles. The van der Waals surface area contributed by atoms with Gasteiger partial charge in [0.25, 0.3) is 0 Å². The van der Waals surface area contributed by atoms with Crippen molar-refractivity contribution in [1.29, 1.82) is 0 Å². The van der Waals surface area contributed by atoms with Gasteiger partial charge in [-0.1, -0.05) is 36.4 Å². The highest BCUT2D eigenvalue weighted by Crippen LogP contribution is 2.35. The van der Waals surface area contributed by atoms with Crippen molar-refractivity contribution in [1.82, 2.24) is 9.78 Å². The Hall–Kier alpha value is -3.15. The van der Waals surface area contributed by atoms with Crippen molar-refractivity contribution in [2.45, 2.75) is 12.6 Å². The number of nitrogens with one attached hydrogen (secondary N) is 1. The predicted octanol–water partition coefficient (Wildman–Crippen LogP) is 3.82. The van der Waals surface area contributed by atoms with E-state index in [4.69, 9.17) is 0 Å². The number of rotatable bonds is 2. The molecule has 0 spiro atoms. The van der Waals surface area contributed by atoms with Gasteiger partial charge in [-0.25, -0.2) is 13.9 Å². The molecule has 6 heteroatoms. The summed E-state index contributed by atoms with van der Waals surface area (Å²) >= 11 is 0. The van der Waals surface area contributed by atoms with Crippen LogP contribution in [0, 0.1) is 5.82 Å². The van der Waals surface area contributed by atoms with Crippen LogP contribution in [0.15, 0.2) is 66.9 Å². The van der Waals surface area contributed by atoms with Crippen LogP contribution in [-0.2, 0) is 6.54 Å². The van der Waals surface area contributed by atoms with Crippen LogP contribution >= 0.6 is 0 Å². The first-order valence-electron chi connectivity index (χ1n) is 7.65. The first-order valence-corrected chi connectivity index (χ1v) is 7.65. The van der Waals surface area contributed by atoms with Crippen LogP contribution < -0.4 is 10.2 Å². The Morgan fingerprint density at radius 3 is 2.75 bits per heavy atom. The molecule has 0 aliphatic carbocycles. The molecule has 0 radical (unpaired) electrons. The highest BCUT2D eigenvalue weighted by Gasteiger charge is 2.35. The molecular weight excluding hydrogens is 307 g/mol. The van der Waals surface area contributed by atoms with E-state index in [0.29, 0.717) is 12.2 Å². The molecule has 0 saturated carbocycles. The number of hydrogen-bond donors (Lipinski definition) is 1. The Morgan fingerprint density at radius 1 is 1.12 bits per heavy atom. The summed E-state index contributed by atoms with van der Waals surface area (Å²) < 4.78 is 15.1. The quantitative estimate of drug-likeness (QED) is 0.780. The Kier molecular flexibility index (Phi) is 3.49. The van der Waals surface area contributed by atoms with Gasteiger partial charge >= 0.3 is 6.03 Å². The van der Waals surface area contributed by atoms with Crippen LogP contribution in [-0.4, -0.2) is 15.8 Å². The van der Waals surface area contributed by atoms with Crippen LogP contribution in [0.4, 0.5) is 20.7 Å². The van der Waals surface area contributed by atoms with Gasteiger partial charge in [0.15, 0.2) is 0 Å². The lowest BCUT2D eigenvalue weighted by Crippen LogP contribution is -2.35. The van der Waals surface area contributed by atoms with E-state index in [1.165, 1.54) is 12.1 Å². The van der Waals surface area contributed by atoms with E-state index in [1.54, 1.807) is 34.0 Å². The van der Waals surface area contributed by atoms with Gasteiger partial charge in [-0.2, -0.15) is 5.10 Å². The highest BCUT2D eigenvalue weighted by molar-refractivity contribution is 6.02. The van der Waals surface area contributed by atoms with Crippen LogP contribution in [0.5, 0.6) is 0 Å². The monoisotopic (exact) mass is 322 g/mol. The topological polar surface area (TPSA) is 50.2 Å². The largest absolute Gasteiger partial charge is 0.328 e. The lowest BCUT2D eigenvalue weighted by atomic mass is 10.1. The lowest BCUT2D eigenvalue weighted by Gasteiger charge is -2.24. The molecule has 120 valence electrons. The molecule has 1 unspecified atom stereocenters. The third-order valence-corrected chi connectivity index (χ3v) is 4.08. The molecule has 3 aromatic rings. The molecule has 1 N–H and O–H groups in total. The lowest BCUT2D eigenvalue weighted by molar-refractivity contribution is 0.255. The highest BCUT2D eigenvalue weighted by atomic mass is 19.1. The average Bonchev–Trinajstić information content (AvgIpc) is 3.16. The Morgan fingerprint density at radius 2 is 1.96 bits per heavy atom. The molecule has 0 fully saturated rings. The minimum absolute atomic E-state index is 0.150. The molecule has 2 amide bonds. The molecule has 0 saturated heterocycles. The van der Waals surface area contributed by atoms with Gasteiger partial charge in [-0.15, -0.1) is 0 Å². The number of hydrogen-bond acceptors (Lipinski definition) is 2. The number of amides is 2. The maximum absolute atomic E-state index is 13.3. The van der Waals surface area contributed by atoms with E-state index < -0.39 is 0 Å². The van der Waals surface area contributed by atoms with Crippen molar-refractivity contribution in [2.75, 3.05) is 10.2 Å². The van der Waals surface area contributed by atoms with Gasteiger partial charge < -0.3 is 5.32 Å². The Balaban J connectivity index is 1.66. The molecule has 0 bridgehead atoms. The first-order chi connectivity index (χ1) is 11.7. The van der Waals surface area contributed by atoms with Crippen LogP contribution in [0.2, 0.25) is 0 Å². The predicted molar refractivity (Wildman–Crippen MR) is 89.3 cm³/mol. The van der Waals surface area contributed by atoms with E-state index in [1.807, 2.05) is 30.3 Å². The van der Waals surface area contributed by atoms with Crippen molar-refractivity contribution in [2.24, 2.45) is 0 Å². The summed E-state index contributed by atoms with van der Waals surface area (Å²) in [4.78, 5) is 14.5. The van der Waals surface area contributed by atoms with Gasteiger partial charge in [0.1, 0.15) is 11.6 Å². The van der Waals surface area contributed by atoms with Gasteiger partial charge in [0.2, 0.25) is 0 Å². The zero-order valence-corrected chi connectivity index (χ0v) is 12.8. The van der Waals surface area contributed by atoms with Crippen molar-refractivity contribution in [3.05, 3.63) is 78.2 Å². The second kappa shape index (κ2) is 5.81. The SMILES string of the molecule is O=C(Nc1cccc(F)c1)N1c2ccnn2CC1c1ccccc1. The molecule has 4 rings (SSSR count). The number of aromatic nitrogens is 2. The molecule has 1 aromatic heterocycles. The van der Waals surface area contributed by atoms with Gasteiger partial charge in [-0.3, -0.25) is 4.90 Å². The van der Waals surface area contributed by atoms with Crippen molar-refractivity contribution < 1.29 is 9.18 Å². The number of carbonyl (C=O) groups excluding carboxylic acids is 1. The van der Waals surface area contributed by atoms with Crippen molar-refractivity contribution in [3.8, 4) is 0 Å². The summed E-state index contributed by atoms with van der Waals surface area (Å²) in [5.41, 5.74) is 1.45. The van der Waals surface area contributed by atoms with Gasteiger partial charge in [-0.05, 0) is 23.8 Å². The number of halogens is 1.